The Kier molecular flexibility index (Phi) is 4.77. The van der Waals surface area contributed by atoms with Crippen LogP contribution in [-0.2, 0) is 14.3 Å². The summed E-state index contributed by atoms with van der Waals surface area (Å²) in [5, 5.41) is 8.99. The number of unbranched alkanes of at least 4 members (excludes halogenated alkanes) is 3. The van der Waals surface area contributed by atoms with Crippen molar-refractivity contribution in [3.05, 3.63) is 0 Å². The predicted molar refractivity (Wildman–Crippen MR) is 59.0 cm³/mol. The molecule has 4 nitrogen and oxygen atoms in total. The molecule has 0 atom stereocenters. The Labute approximate surface area is 96.0 Å². The van der Waals surface area contributed by atoms with Gasteiger partial charge in [-0.1, -0.05) is 26.2 Å². The highest BCUT2D eigenvalue weighted by Crippen LogP contribution is 2.42. The van der Waals surface area contributed by atoms with Gasteiger partial charge in [-0.3, -0.25) is 9.59 Å². The lowest BCUT2D eigenvalue weighted by molar-refractivity contribution is -0.175. The quantitative estimate of drug-likeness (QED) is 0.413. The molecule has 1 N–H and O–H groups in total. The first-order valence-corrected chi connectivity index (χ1v) is 6.04. The molecule has 0 bridgehead atoms. The Bertz CT molecular complexity index is 256. The Balaban J connectivity index is 2.26. The van der Waals surface area contributed by atoms with Crippen molar-refractivity contribution in [2.75, 3.05) is 6.61 Å². The van der Waals surface area contributed by atoms with E-state index in [1.165, 1.54) is 0 Å². The first-order valence-electron chi connectivity index (χ1n) is 6.04. The van der Waals surface area contributed by atoms with Crippen LogP contribution in [0.1, 0.15) is 51.9 Å². The first-order chi connectivity index (χ1) is 7.63. The normalized spacial score (nSPS) is 17.6. The summed E-state index contributed by atoms with van der Waals surface area (Å²) in [5.74, 6) is -1.57. The first kappa shape index (κ1) is 13.0. The number of ether oxygens (including phenoxy) is 1. The van der Waals surface area contributed by atoms with Crippen molar-refractivity contribution < 1.29 is 19.4 Å². The molecule has 0 unspecified atom stereocenters. The molecule has 0 amide bonds. The number of hydrogen-bond donors (Lipinski definition) is 1. The van der Waals surface area contributed by atoms with Crippen LogP contribution in [0.4, 0.5) is 0 Å². The Morgan fingerprint density at radius 2 is 1.94 bits per heavy atom. The minimum Gasteiger partial charge on any atom is -0.480 e. The zero-order valence-electron chi connectivity index (χ0n) is 9.83. The van der Waals surface area contributed by atoms with Gasteiger partial charge in [0.05, 0.1) is 6.61 Å². The molecule has 4 heteroatoms. The van der Waals surface area contributed by atoms with E-state index in [1.54, 1.807) is 0 Å². The smallest absolute Gasteiger partial charge is 0.323 e. The molecule has 16 heavy (non-hydrogen) atoms. The van der Waals surface area contributed by atoms with Crippen LogP contribution >= 0.6 is 0 Å². The summed E-state index contributed by atoms with van der Waals surface area (Å²) in [6.45, 7) is 2.47. The highest BCUT2D eigenvalue weighted by Gasteiger charge is 2.52. The fourth-order valence-corrected chi connectivity index (χ4v) is 1.87. The van der Waals surface area contributed by atoms with Crippen molar-refractivity contribution in [2.24, 2.45) is 5.41 Å². The SMILES string of the molecule is CCCCCCOC(=O)C1(C(=O)O)CCC1. The predicted octanol–water partition coefficient (Wildman–Crippen LogP) is 2.36. The minimum absolute atomic E-state index is 0.355. The maximum atomic E-state index is 11.6. The number of carboxylic acid groups (broad SMARTS) is 1. The molecule has 1 fully saturated rings. The summed E-state index contributed by atoms with van der Waals surface area (Å²) in [4.78, 5) is 22.6. The van der Waals surface area contributed by atoms with Gasteiger partial charge in [0.25, 0.3) is 0 Å². The standard InChI is InChI=1S/C12H20O4/c1-2-3-4-5-9-16-11(15)12(10(13)14)7-6-8-12/h2-9H2,1H3,(H,13,14). The van der Waals surface area contributed by atoms with Crippen molar-refractivity contribution in [3.63, 3.8) is 0 Å². The van der Waals surface area contributed by atoms with Crippen LogP contribution in [0.2, 0.25) is 0 Å². The Morgan fingerprint density at radius 3 is 2.38 bits per heavy atom. The zero-order chi connectivity index (χ0) is 12.0. The third kappa shape index (κ3) is 2.74. The number of rotatable bonds is 7. The van der Waals surface area contributed by atoms with Crippen LogP contribution in [-0.4, -0.2) is 23.7 Å². The molecule has 0 saturated heterocycles. The second kappa shape index (κ2) is 5.87. The van der Waals surface area contributed by atoms with Crippen molar-refractivity contribution >= 4 is 11.9 Å². The van der Waals surface area contributed by atoms with Gasteiger partial charge in [-0.05, 0) is 25.7 Å². The highest BCUT2D eigenvalue weighted by molar-refractivity contribution is 6.00. The Morgan fingerprint density at radius 1 is 1.25 bits per heavy atom. The fourth-order valence-electron chi connectivity index (χ4n) is 1.87. The van der Waals surface area contributed by atoms with E-state index in [0.29, 0.717) is 19.4 Å². The minimum atomic E-state index is -1.22. The second-order valence-corrected chi connectivity index (χ2v) is 4.44. The van der Waals surface area contributed by atoms with Gasteiger partial charge in [0.2, 0.25) is 0 Å². The van der Waals surface area contributed by atoms with Crippen LogP contribution in [0.25, 0.3) is 0 Å². The summed E-state index contributed by atoms with van der Waals surface area (Å²) in [7, 11) is 0. The van der Waals surface area contributed by atoms with Crippen molar-refractivity contribution in [3.8, 4) is 0 Å². The summed E-state index contributed by atoms with van der Waals surface area (Å²) in [6, 6.07) is 0. The molecule has 0 heterocycles. The maximum Gasteiger partial charge on any atom is 0.323 e. The molecule has 0 aromatic carbocycles. The lowest BCUT2D eigenvalue weighted by Crippen LogP contribution is -2.46. The third-order valence-corrected chi connectivity index (χ3v) is 3.24. The number of esters is 1. The Hall–Kier alpha value is -1.06. The molecular weight excluding hydrogens is 208 g/mol. The van der Waals surface area contributed by atoms with Gasteiger partial charge in [-0.25, -0.2) is 0 Å². The van der Waals surface area contributed by atoms with Crippen LogP contribution < -0.4 is 0 Å². The molecule has 0 aromatic heterocycles. The summed E-state index contributed by atoms with van der Waals surface area (Å²) < 4.78 is 5.04. The molecule has 0 radical (unpaired) electrons. The van der Waals surface area contributed by atoms with E-state index >= 15 is 0 Å². The summed E-state index contributed by atoms with van der Waals surface area (Å²) in [5.41, 5.74) is -1.22. The topological polar surface area (TPSA) is 63.6 Å². The van der Waals surface area contributed by atoms with Gasteiger partial charge in [-0.15, -0.1) is 0 Å². The molecule has 1 rings (SSSR count). The van der Waals surface area contributed by atoms with Gasteiger partial charge in [-0.2, -0.15) is 0 Å². The van der Waals surface area contributed by atoms with Crippen molar-refractivity contribution in [1.82, 2.24) is 0 Å². The monoisotopic (exact) mass is 228 g/mol. The average molecular weight is 228 g/mol. The number of hydrogen-bond acceptors (Lipinski definition) is 3. The average Bonchev–Trinajstić information content (AvgIpc) is 2.15. The second-order valence-electron chi connectivity index (χ2n) is 4.44. The van der Waals surface area contributed by atoms with Crippen LogP contribution in [0.15, 0.2) is 0 Å². The summed E-state index contributed by atoms with van der Waals surface area (Å²) in [6.07, 6.45) is 5.78. The van der Waals surface area contributed by atoms with E-state index in [2.05, 4.69) is 6.92 Å². The molecule has 1 saturated carbocycles. The molecule has 0 spiro atoms. The number of carboxylic acids is 1. The summed E-state index contributed by atoms with van der Waals surface area (Å²) >= 11 is 0. The number of aliphatic carboxylic acids is 1. The van der Waals surface area contributed by atoms with E-state index < -0.39 is 17.4 Å². The fraction of sp³-hybridized carbons (Fsp3) is 0.833. The maximum absolute atomic E-state index is 11.6. The molecular formula is C12H20O4. The van der Waals surface area contributed by atoms with Gasteiger partial charge in [0.15, 0.2) is 5.41 Å². The molecule has 0 aromatic rings. The lowest BCUT2D eigenvalue weighted by Gasteiger charge is -2.34. The van der Waals surface area contributed by atoms with Crippen molar-refractivity contribution in [1.29, 1.82) is 0 Å². The molecule has 1 aliphatic carbocycles. The molecule has 1 aliphatic rings. The van der Waals surface area contributed by atoms with Gasteiger partial charge >= 0.3 is 11.9 Å². The number of carbonyl (C=O) groups is 2. The van der Waals surface area contributed by atoms with Crippen LogP contribution in [0.3, 0.4) is 0 Å². The van der Waals surface area contributed by atoms with Gasteiger partial charge in [0, 0.05) is 0 Å². The number of carbonyl (C=O) groups excluding carboxylic acids is 1. The van der Waals surface area contributed by atoms with Crippen LogP contribution in [0, 0.1) is 5.41 Å². The zero-order valence-corrected chi connectivity index (χ0v) is 9.83. The highest BCUT2D eigenvalue weighted by atomic mass is 16.5. The van der Waals surface area contributed by atoms with E-state index in [9.17, 15) is 9.59 Å². The van der Waals surface area contributed by atoms with Crippen molar-refractivity contribution in [2.45, 2.75) is 51.9 Å². The molecule has 92 valence electrons. The van der Waals surface area contributed by atoms with E-state index in [1.807, 2.05) is 0 Å². The largest absolute Gasteiger partial charge is 0.480 e. The van der Waals surface area contributed by atoms with E-state index in [0.717, 1.165) is 32.1 Å². The van der Waals surface area contributed by atoms with Crippen LogP contribution in [0.5, 0.6) is 0 Å². The van der Waals surface area contributed by atoms with E-state index in [-0.39, 0.29) is 0 Å². The third-order valence-electron chi connectivity index (χ3n) is 3.24. The van der Waals surface area contributed by atoms with Gasteiger partial charge in [0.1, 0.15) is 0 Å². The molecule has 0 aliphatic heterocycles. The lowest BCUT2D eigenvalue weighted by atomic mass is 9.69. The van der Waals surface area contributed by atoms with Gasteiger partial charge < -0.3 is 9.84 Å². The van der Waals surface area contributed by atoms with E-state index in [4.69, 9.17) is 9.84 Å².